The van der Waals surface area contributed by atoms with Crippen molar-refractivity contribution < 1.29 is 4.39 Å². The van der Waals surface area contributed by atoms with Crippen molar-refractivity contribution in [1.82, 2.24) is 5.32 Å². The van der Waals surface area contributed by atoms with E-state index in [0.717, 1.165) is 24.2 Å². The first-order valence-corrected chi connectivity index (χ1v) is 6.68. The minimum Gasteiger partial charge on any atom is -0.313 e. The van der Waals surface area contributed by atoms with Gasteiger partial charge in [0.2, 0.25) is 0 Å². The van der Waals surface area contributed by atoms with E-state index in [1.54, 1.807) is 13.0 Å². The van der Waals surface area contributed by atoms with Crippen molar-refractivity contribution in [3.05, 3.63) is 58.9 Å². The third-order valence-electron chi connectivity index (χ3n) is 3.35. The monoisotopic (exact) mass is 257 g/mol. The van der Waals surface area contributed by atoms with Crippen LogP contribution in [0.3, 0.4) is 0 Å². The Morgan fingerprint density at radius 2 is 1.79 bits per heavy atom. The van der Waals surface area contributed by atoms with Crippen LogP contribution in [0.4, 0.5) is 4.39 Å². The highest BCUT2D eigenvalue weighted by Gasteiger charge is 2.05. The van der Waals surface area contributed by atoms with Gasteiger partial charge in [0.05, 0.1) is 0 Å². The van der Waals surface area contributed by atoms with Gasteiger partial charge in [-0.3, -0.25) is 0 Å². The SMILES string of the molecule is CCNCc1ccc(-c2ccc(C)c(F)c2)c(C)c1. The van der Waals surface area contributed by atoms with Crippen molar-refractivity contribution in [1.29, 1.82) is 0 Å². The Morgan fingerprint density at radius 1 is 1.00 bits per heavy atom. The molecule has 0 unspecified atom stereocenters. The van der Waals surface area contributed by atoms with Crippen molar-refractivity contribution in [2.75, 3.05) is 6.54 Å². The quantitative estimate of drug-likeness (QED) is 0.864. The molecular formula is C17H20FN. The van der Waals surface area contributed by atoms with Crippen molar-refractivity contribution in [3.63, 3.8) is 0 Å². The van der Waals surface area contributed by atoms with E-state index >= 15 is 0 Å². The molecular weight excluding hydrogens is 237 g/mol. The maximum absolute atomic E-state index is 13.6. The normalized spacial score (nSPS) is 10.7. The molecule has 1 nitrogen and oxygen atoms in total. The molecule has 2 aromatic carbocycles. The minimum atomic E-state index is -0.145. The second-order valence-electron chi connectivity index (χ2n) is 4.89. The maximum atomic E-state index is 13.6. The van der Waals surface area contributed by atoms with Gasteiger partial charge in [-0.1, -0.05) is 37.3 Å². The molecule has 0 aliphatic carbocycles. The van der Waals surface area contributed by atoms with Crippen molar-refractivity contribution in [2.45, 2.75) is 27.3 Å². The van der Waals surface area contributed by atoms with E-state index in [0.29, 0.717) is 5.56 Å². The number of rotatable bonds is 4. The lowest BCUT2D eigenvalue weighted by Crippen LogP contribution is -2.11. The molecule has 0 radical (unpaired) electrons. The molecule has 0 bridgehead atoms. The Labute approximate surface area is 114 Å². The average molecular weight is 257 g/mol. The molecule has 0 atom stereocenters. The number of aryl methyl sites for hydroxylation is 2. The summed E-state index contributed by atoms with van der Waals surface area (Å²) in [6.07, 6.45) is 0. The summed E-state index contributed by atoms with van der Waals surface area (Å²) in [5.41, 5.74) is 5.16. The van der Waals surface area contributed by atoms with E-state index in [1.165, 1.54) is 11.1 Å². The third kappa shape index (κ3) is 3.21. The fraction of sp³-hybridized carbons (Fsp3) is 0.294. The lowest BCUT2D eigenvalue weighted by Gasteiger charge is -2.10. The standard InChI is InChI=1S/C17H20FN/c1-4-19-11-14-6-8-16(13(3)9-14)15-7-5-12(2)17(18)10-15/h5-10,19H,4,11H2,1-3H3. The van der Waals surface area contributed by atoms with Gasteiger partial charge in [0.1, 0.15) is 5.82 Å². The molecule has 0 heterocycles. The number of hydrogen-bond acceptors (Lipinski definition) is 1. The maximum Gasteiger partial charge on any atom is 0.126 e. The van der Waals surface area contributed by atoms with E-state index in [9.17, 15) is 4.39 Å². The number of nitrogens with one attached hydrogen (secondary N) is 1. The zero-order valence-electron chi connectivity index (χ0n) is 11.8. The van der Waals surface area contributed by atoms with Gasteiger partial charge in [-0.15, -0.1) is 0 Å². The van der Waals surface area contributed by atoms with Crippen molar-refractivity contribution in [2.24, 2.45) is 0 Å². The number of benzene rings is 2. The summed E-state index contributed by atoms with van der Waals surface area (Å²) in [5.74, 6) is -0.145. The molecule has 0 aliphatic heterocycles. The highest BCUT2D eigenvalue weighted by atomic mass is 19.1. The summed E-state index contributed by atoms with van der Waals surface area (Å²) in [6, 6.07) is 11.8. The topological polar surface area (TPSA) is 12.0 Å². The second kappa shape index (κ2) is 5.98. The van der Waals surface area contributed by atoms with Gasteiger partial charge in [0, 0.05) is 6.54 Å². The summed E-state index contributed by atoms with van der Waals surface area (Å²) >= 11 is 0. The predicted octanol–water partition coefficient (Wildman–Crippen LogP) is 4.22. The Morgan fingerprint density at radius 3 is 2.42 bits per heavy atom. The first-order chi connectivity index (χ1) is 9.11. The molecule has 100 valence electrons. The van der Waals surface area contributed by atoms with Gasteiger partial charge in [0.15, 0.2) is 0 Å². The zero-order valence-corrected chi connectivity index (χ0v) is 11.8. The van der Waals surface area contributed by atoms with Crippen LogP contribution in [0.25, 0.3) is 11.1 Å². The summed E-state index contributed by atoms with van der Waals surface area (Å²) in [7, 11) is 0. The van der Waals surface area contributed by atoms with Crippen LogP contribution in [0.5, 0.6) is 0 Å². The minimum absolute atomic E-state index is 0.145. The average Bonchev–Trinajstić information content (AvgIpc) is 2.40. The molecule has 2 aromatic rings. The number of hydrogen-bond donors (Lipinski definition) is 1. The van der Waals surface area contributed by atoms with Gasteiger partial charge in [0.25, 0.3) is 0 Å². The van der Waals surface area contributed by atoms with E-state index < -0.39 is 0 Å². The Balaban J connectivity index is 2.32. The fourth-order valence-electron chi connectivity index (χ4n) is 2.19. The second-order valence-corrected chi connectivity index (χ2v) is 4.89. The molecule has 0 saturated heterocycles. The summed E-state index contributed by atoms with van der Waals surface area (Å²) < 4.78 is 13.6. The molecule has 2 rings (SSSR count). The van der Waals surface area contributed by atoms with E-state index in [2.05, 4.69) is 37.4 Å². The van der Waals surface area contributed by atoms with Crippen molar-refractivity contribution in [3.8, 4) is 11.1 Å². The molecule has 0 saturated carbocycles. The molecule has 2 heteroatoms. The van der Waals surface area contributed by atoms with Crippen LogP contribution in [0, 0.1) is 19.7 Å². The molecule has 0 aliphatic rings. The molecule has 19 heavy (non-hydrogen) atoms. The Bertz CT molecular complexity index is 575. The first kappa shape index (κ1) is 13.8. The first-order valence-electron chi connectivity index (χ1n) is 6.68. The van der Waals surface area contributed by atoms with Gasteiger partial charge in [-0.05, 0) is 54.3 Å². The van der Waals surface area contributed by atoms with Gasteiger partial charge < -0.3 is 5.32 Å². The third-order valence-corrected chi connectivity index (χ3v) is 3.35. The highest BCUT2D eigenvalue weighted by molar-refractivity contribution is 5.68. The van der Waals surface area contributed by atoms with Crippen LogP contribution >= 0.6 is 0 Å². The van der Waals surface area contributed by atoms with Crippen molar-refractivity contribution >= 4 is 0 Å². The zero-order chi connectivity index (χ0) is 13.8. The largest absolute Gasteiger partial charge is 0.313 e. The van der Waals surface area contributed by atoms with Crippen LogP contribution in [-0.2, 0) is 6.54 Å². The Hall–Kier alpha value is -1.67. The van der Waals surface area contributed by atoms with Gasteiger partial charge in [-0.2, -0.15) is 0 Å². The van der Waals surface area contributed by atoms with Crippen LogP contribution in [-0.4, -0.2) is 6.54 Å². The number of halogens is 1. The summed E-state index contributed by atoms with van der Waals surface area (Å²) in [5, 5.41) is 3.31. The molecule has 0 spiro atoms. The smallest absolute Gasteiger partial charge is 0.126 e. The lowest BCUT2D eigenvalue weighted by molar-refractivity contribution is 0.619. The van der Waals surface area contributed by atoms with Gasteiger partial charge in [-0.25, -0.2) is 4.39 Å². The van der Waals surface area contributed by atoms with Gasteiger partial charge >= 0.3 is 0 Å². The van der Waals surface area contributed by atoms with E-state index in [4.69, 9.17) is 0 Å². The molecule has 0 aromatic heterocycles. The van der Waals surface area contributed by atoms with Crippen LogP contribution in [0.2, 0.25) is 0 Å². The van der Waals surface area contributed by atoms with E-state index in [1.807, 2.05) is 12.1 Å². The van der Waals surface area contributed by atoms with Crippen LogP contribution in [0.1, 0.15) is 23.6 Å². The Kier molecular flexibility index (Phi) is 4.33. The highest BCUT2D eigenvalue weighted by Crippen LogP contribution is 2.25. The molecule has 1 N–H and O–H groups in total. The summed E-state index contributed by atoms with van der Waals surface area (Å²) in [6.45, 7) is 7.79. The predicted molar refractivity (Wildman–Crippen MR) is 78.7 cm³/mol. The van der Waals surface area contributed by atoms with Crippen LogP contribution in [0.15, 0.2) is 36.4 Å². The molecule has 0 amide bonds. The van der Waals surface area contributed by atoms with Crippen LogP contribution < -0.4 is 5.32 Å². The molecule has 0 fully saturated rings. The fourth-order valence-corrected chi connectivity index (χ4v) is 2.19. The summed E-state index contributed by atoms with van der Waals surface area (Å²) in [4.78, 5) is 0. The van der Waals surface area contributed by atoms with E-state index in [-0.39, 0.29) is 5.82 Å². The lowest BCUT2D eigenvalue weighted by atomic mass is 9.97.